The Morgan fingerprint density at radius 1 is 1.43 bits per heavy atom. The molecule has 5 heteroatoms. The van der Waals surface area contributed by atoms with Crippen LogP contribution in [-0.2, 0) is 20.9 Å². The first-order chi connectivity index (χ1) is 10.2. The van der Waals surface area contributed by atoms with Crippen molar-refractivity contribution >= 4 is 12.0 Å². The summed E-state index contributed by atoms with van der Waals surface area (Å²) in [5.41, 5.74) is 1.72. The Labute approximate surface area is 124 Å². The molecule has 2 rings (SSSR count). The van der Waals surface area contributed by atoms with Gasteiger partial charge in [0, 0.05) is 24.9 Å². The molecule has 0 saturated carbocycles. The Hall–Kier alpha value is -1.85. The SMILES string of the molecule is COc1ccc(C=CC(=O)O)cc1COC1CCOCC1. The van der Waals surface area contributed by atoms with Gasteiger partial charge in [-0.3, -0.25) is 0 Å². The van der Waals surface area contributed by atoms with Gasteiger partial charge in [-0.1, -0.05) is 6.07 Å². The summed E-state index contributed by atoms with van der Waals surface area (Å²) in [6.45, 7) is 1.93. The molecule has 1 fully saturated rings. The largest absolute Gasteiger partial charge is 0.496 e. The van der Waals surface area contributed by atoms with Crippen LogP contribution in [0, 0.1) is 0 Å². The molecule has 0 bridgehead atoms. The molecule has 0 aliphatic carbocycles. The number of hydrogen-bond donors (Lipinski definition) is 1. The Bertz CT molecular complexity index is 503. The Kier molecular flexibility index (Phi) is 5.78. The maximum Gasteiger partial charge on any atom is 0.328 e. The van der Waals surface area contributed by atoms with Gasteiger partial charge >= 0.3 is 5.97 Å². The molecule has 0 spiro atoms. The lowest BCUT2D eigenvalue weighted by Crippen LogP contribution is -2.23. The molecule has 1 saturated heterocycles. The smallest absolute Gasteiger partial charge is 0.328 e. The first kappa shape index (κ1) is 15.5. The molecule has 1 N–H and O–H groups in total. The van der Waals surface area contributed by atoms with E-state index in [0.29, 0.717) is 6.61 Å². The summed E-state index contributed by atoms with van der Waals surface area (Å²) in [4.78, 5) is 10.6. The zero-order valence-corrected chi connectivity index (χ0v) is 12.1. The minimum absolute atomic E-state index is 0.210. The molecule has 0 unspecified atom stereocenters. The van der Waals surface area contributed by atoms with Gasteiger partial charge in [-0.15, -0.1) is 0 Å². The van der Waals surface area contributed by atoms with Crippen molar-refractivity contribution in [3.05, 3.63) is 35.4 Å². The number of carboxylic acids is 1. The summed E-state index contributed by atoms with van der Waals surface area (Å²) >= 11 is 0. The molecule has 114 valence electrons. The molecule has 1 aromatic carbocycles. The Morgan fingerprint density at radius 2 is 2.19 bits per heavy atom. The minimum atomic E-state index is -0.967. The first-order valence-electron chi connectivity index (χ1n) is 6.96. The average molecular weight is 292 g/mol. The van der Waals surface area contributed by atoms with E-state index in [0.717, 1.165) is 49.0 Å². The number of hydrogen-bond acceptors (Lipinski definition) is 4. The van der Waals surface area contributed by atoms with E-state index < -0.39 is 5.97 Å². The second kappa shape index (κ2) is 7.81. The van der Waals surface area contributed by atoms with Gasteiger partial charge in [0.2, 0.25) is 0 Å². The van der Waals surface area contributed by atoms with Crippen LogP contribution < -0.4 is 4.74 Å². The molecule has 5 nitrogen and oxygen atoms in total. The summed E-state index contributed by atoms with van der Waals surface area (Å²) in [6.07, 6.45) is 4.69. The summed E-state index contributed by atoms with van der Waals surface area (Å²) in [6, 6.07) is 5.53. The van der Waals surface area contributed by atoms with Gasteiger partial charge < -0.3 is 19.3 Å². The number of carboxylic acid groups (broad SMARTS) is 1. The van der Waals surface area contributed by atoms with Crippen molar-refractivity contribution in [3.8, 4) is 5.75 Å². The van der Waals surface area contributed by atoms with Crippen LogP contribution in [0.15, 0.2) is 24.3 Å². The van der Waals surface area contributed by atoms with E-state index in [9.17, 15) is 4.79 Å². The number of ether oxygens (including phenoxy) is 3. The molecular formula is C16H20O5. The van der Waals surface area contributed by atoms with Crippen LogP contribution in [-0.4, -0.2) is 37.5 Å². The van der Waals surface area contributed by atoms with Gasteiger partial charge in [-0.25, -0.2) is 4.79 Å². The third-order valence-corrected chi connectivity index (χ3v) is 3.37. The van der Waals surface area contributed by atoms with Crippen LogP contribution >= 0.6 is 0 Å². The molecule has 0 radical (unpaired) electrons. The van der Waals surface area contributed by atoms with Crippen molar-refractivity contribution in [1.82, 2.24) is 0 Å². The summed E-state index contributed by atoms with van der Waals surface area (Å²) < 4.78 is 16.5. The molecule has 0 aromatic heterocycles. The van der Waals surface area contributed by atoms with E-state index in [2.05, 4.69) is 0 Å². The predicted molar refractivity (Wildman–Crippen MR) is 78.3 cm³/mol. The lowest BCUT2D eigenvalue weighted by molar-refractivity contribution is -0.131. The van der Waals surface area contributed by atoms with Crippen LogP contribution in [0.5, 0.6) is 5.75 Å². The topological polar surface area (TPSA) is 65.0 Å². The van der Waals surface area contributed by atoms with E-state index in [1.165, 1.54) is 0 Å². The second-order valence-corrected chi connectivity index (χ2v) is 4.87. The Balaban J connectivity index is 2.04. The molecule has 1 heterocycles. The van der Waals surface area contributed by atoms with Gasteiger partial charge in [-0.05, 0) is 36.6 Å². The van der Waals surface area contributed by atoms with Gasteiger partial charge in [-0.2, -0.15) is 0 Å². The van der Waals surface area contributed by atoms with E-state index in [4.69, 9.17) is 19.3 Å². The van der Waals surface area contributed by atoms with Crippen molar-refractivity contribution in [2.45, 2.75) is 25.6 Å². The fourth-order valence-corrected chi connectivity index (χ4v) is 2.23. The van der Waals surface area contributed by atoms with Gasteiger partial charge in [0.15, 0.2) is 0 Å². The highest BCUT2D eigenvalue weighted by molar-refractivity contribution is 5.85. The van der Waals surface area contributed by atoms with Crippen molar-refractivity contribution in [1.29, 1.82) is 0 Å². The van der Waals surface area contributed by atoms with Crippen molar-refractivity contribution < 1.29 is 24.1 Å². The van der Waals surface area contributed by atoms with E-state index in [1.54, 1.807) is 13.2 Å². The third kappa shape index (κ3) is 4.88. The normalized spacial score (nSPS) is 16.2. The van der Waals surface area contributed by atoms with Gasteiger partial charge in [0.05, 0.1) is 19.8 Å². The van der Waals surface area contributed by atoms with Crippen molar-refractivity contribution in [2.24, 2.45) is 0 Å². The van der Waals surface area contributed by atoms with Crippen molar-refractivity contribution in [3.63, 3.8) is 0 Å². The second-order valence-electron chi connectivity index (χ2n) is 4.87. The molecule has 21 heavy (non-hydrogen) atoms. The van der Waals surface area contributed by atoms with E-state index in [-0.39, 0.29) is 6.10 Å². The van der Waals surface area contributed by atoms with Crippen molar-refractivity contribution in [2.75, 3.05) is 20.3 Å². The van der Waals surface area contributed by atoms with Gasteiger partial charge in [0.25, 0.3) is 0 Å². The van der Waals surface area contributed by atoms with Gasteiger partial charge in [0.1, 0.15) is 5.75 Å². The molecule has 1 aliphatic rings. The lowest BCUT2D eigenvalue weighted by atomic mass is 10.1. The molecular weight excluding hydrogens is 272 g/mol. The number of aliphatic carboxylic acids is 1. The molecule has 1 aliphatic heterocycles. The lowest BCUT2D eigenvalue weighted by Gasteiger charge is -2.23. The third-order valence-electron chi connectivity index (χ3n) is 3.37. The predicted octanol–water partition coefficient (Wildman–Crippen LogP) is 2.49. The summed E-state index contributed by atoms with van der Waals surface area (Å²) in [7, 11) is 1.61. The average Bonchev–Trinajstić information content (AvgIpc) is 2.52. The zero-order valence-electron chi connectivity index (χ0n) is 12.1. The van der Waals surface area contributed by atoms with Crippen LogP contribution in [0.2, 0.25) is 0 Å². The van der Waals surface area contributed by atoms with E-state index in [1.807, 2.05) is 18.2 Å². The number of carbonyl (C=O) groups is 1. The standard InChI is InChI=1S/C16H20O5/c1-19-15-4-2-12(3-5-16(17)18)10-13(15)11-21-14-6-8-20-9-7-14/h2-5,10,14H,6-9,11H2,1H3,(H,17,18). The minimum Gasteiger partial charge on any atom is -0.496 e. The monoisotopic (exact) mass is 292 g/mol. The zero-order chi connectivity index (χ0) is 15.1. The molecule has 0 amide bonds. The summed E-state index contributed by atoms with van der Waals surface area (Å²) in [5, 5.41) is 8.67. The first-order valence-corrected chi connectivity index (χ1v) is 6.96. The number of benzene rings is 1. The Morgan fingerprint density at radius 3 is 2.86 bits per heavy atom. The van der Waals surface area contributed by atoms with Crippen LogP contribution in [0.3, 0.4) is 0 Å². The molecule has 1 aromatic rings. The summed E-state index contributed by atoms with van der Waals surface area (Å²) in [5.74, 6) is -0.222. The fourth-order valence-electron chi connectivity index (χ4n) is 2.23. The highest BCUT2D eigenvalue weighted by Gasteiger charge is 2.15. The van der Waals surface area contributed by atoms with Crippen LogP contribution in [0.1, 0.15) is 24.0 Å². The van der Waals surface area contributed by atoms with E-state index >= 15 is 0 Å². The van der Waals surface area contributed by atoms with Crippen LogP contribution in [0.4, 0.5) is 0 Å². The number of rotatable bonds is 6. The maximum absolute atomic E-state index is 10.6. The highest BCUT2D eigenvalue weighted by Crippen LogP contribution is 2.23. The maximum atomic E-state index is 10.6. The number of methoxy groups -OCH3 is 1. The highest BCUT2D eigenvalue weighted by atomic mass is 16.5. The fraction of sp³-hybridized carbons (Fsp3) is 0.438. The quantitative estimate of drug-likeness (QED) is 0.816. The molecule has 0 atom stereocenters. The van der Waals surface area contributed by atoms with Crippen LogP contribution in [0.25, 0.3) is 6.08 Å².